The van der Waals surface area contributed by atoms with Crippen LogP contribution in [0.5, 0.6) is 5.88 Å². The molecule has 0 radical (unpaired) electrons. The number of aromatic nitrogens is 3. The lowest BCUT2D eigenvalue weighted by Crippen LogP contribution is -2.11. The van der Waals surface area contributed by atoms with E-state index in [0.717, 1.165) is 49.3 Å². The zero-order valence-corrected chi connectivity index (χ0v) is 11.9. The topological polar surface area (TPSA) is 52.0 Å². The van der Waals surface area contributed by atoms with Crippen molar-refractivity contribution in [3.8, 4) is 17.0 Å². The predicted octanol–water partition coefficient (Wildman–Crippen LogP) is 2.58. The maximum atomic E-state index is 14.0. The smallest absolute Gasteiger partial charge is 0.230 e. The lowest BCUT2D eigenvalue weighted by molar-refractivity contribution is 0.486. The van der Waals surface area contributed by atoms with Crippen LogP contribution in [0.4, 0.5) is 4.39 Å². The van der Waals surface area contributed by atoms with Gasteiger partial charge in [0.25, 0.3) is 0 Å². The van der Waals surface area contributed by atoms with E-state index in [2.05, 4.69) is 14.8 Å². The zero-order chi connectivity index (χ0) is 13.9. The van der Waals surface area contributed by atoms with Crippen molar-refractivity contribution < 1.29 is 8.57 Å². The molecule has 2 aromatic heterocycles. The third kappa shape index (κ3) is 2.51. The van der Waals surface area contributed by atoms with Crippen LogP contribution >= 0.6 is 12.2 Å². The molecule has 0 saturated carbocycles. The van der Waals surface area contributed by atoms with Gasteiger partial charge in [-0.1, -0.05) is 0 Å². The normalized spacial score (nSPS) is 14.1. The van der Waals surface area contributed by atoms with E-state index in [9.17, 15) is 4.39 Å². The van der Waals surface area contributed by atoms with Crippen molar-refractivity contribution in [3.63, 3.8) is 0 Å². The largest absolute Gasteiger partial charge is 0.390 e. The fourth-order valence-electron chi connectivity index (χ4n) is 2.40. The van der Waals surface area contributed by atoms with E-state index in [1.807, 2.05) is 4.68 Å². The van der Waals surface area contributed by atoms with Gasteiger partial charge in [0.1, 0.15) is 18.0 Å². The summed E-state index contributed by atoms with van der Waals surface area (Å²) in [5.74, 6) is 0.0182. The maximum Gasteiger partial charge on any atom is 0.230 e. The van der Waals surface area contributed by atoms with Crippen molar-refractivity contribution >= 4 is 12.2 Å². The summed E-state index contributed by atoms with van der Waals surface area (Å²) in [5.41, 5.74) is 2.42. The van der Waals surface area contributed by atoms with E-state index in [-0.39, 0.29) is 5.82 Å². The molecule has 3 heterocycles. The van der Waals surface area contributed by atoms with E-state index in [4.69, 9.17) is 4.18 Å². The Morgan fingerprint density at radius 1 is 1.35 bits per heavy atom. The van der Waals surface area contributed by atoms with Crippen LogP contribution in [0.15, 0.2) is 18.5 Å². The van der Waals surface area contributed by atoms with Crippen LogP contribution in [0.2, 0.25) is 0 Å². The molecule has 0 unspecified atom stereocenters. The molecule has 0 fully saturated rings. The maximum absolute atomic E-state index is 14.0. The van der Waals surface area contributed by atoms with Crippen molar-refractivity contribution in [3.05, 3.63) is 30.0 Å². The van der Waals surface area contributed by atoms with E-state index in [0.29, 0.717) is 11.4 Å². The second-order valence-electron chi connectivity index (χ2n) is 4.56. The van der Waals surface area contributed by atoms with Gasteiger partial charge >= 0.3 is 0 Å². The molecule has 0 amide bonds. The number of nitrogens with one attached hydrogen (secondary N) is 1. The Hall–Kier alpha value is -1.60. The average Bonchev–Trinajstić information content (AvgIpc) is 2.90. The Morgan fingerprint density at radius 3 is 3.10 bits per heavy atom. The van der Waals surface area contributed by atoms with E-state index >= 15 is 0 Å². The second-order valence-corrected chi connectivity index (χ2v) is 5.30. The molecule has 0 aromatic carbocycles. The summed E-state index contributed by atoms with van der Waals surface area (Å²) in [6.45, 7) is 0.904. The highest BCUT2D eigenvalue weighted by molar-refractivity contribution is 7.93. The van der Waals surface area contributed by atoms with Gasteiger partial charge in [-0.25, -0.2) is 14.1 Å². The van der Waals surface area contributed by atoms with Gasteiger partial charge in [0.15, 0.2) is 0 Å². The first-order valence-electron chi connectivity index (χ1n) is 6.50. The van der Waals surface area contributed by atoms with Crippen LogP contribution in [0.1, 0.15) is 18.5 Å². The highest BCUT2D eigenvalue weighted by atomic mass is 32.2. The molecule has 1 aliphatic rings. The first-order valence-corrected chi connectivity index (χ1v) is 7.24. The molecule has 0 bridgehead atoms. The third-order valence-electron chi connectivity index (χ3n) is 3.31. The average molecular weight is 294 g/mol. The molecule has 0 saturated heterocycles. The summed E-state index contributed by atoms with van der Waals surface area (Å²) in [7, 11) is 1.74. The third-order valence-corrected chi connectivity index (χ3v) is 3.73. The number of hydrogen-bond acceptors (Lipinski definition) is 5. The van der Waals surface area contributed by atoms with Crippen molar-refractivity contribution in [1.82, 2.24) is 19.5 Å². The minimum absolute atomic E-state index is 0.354. The first-order chi connectivity index (χ1) is 9.79. The molecule has 7 heteroatoms. The van der Waals surface area contributed by atoms with Crippen LogP contribution in [-0.4, -0.2) is 21.8 Å². The van der Waals surface area contributed by atoms with Gasteiger partial charge in [-0.05, 0) is 26.3 Å². The quantitative estimate of drug-likeness (QED) is 0.694. The Kier molecular flexibility index (Phi) is 3.88. The van der Waals surface area contributed by atoms with E-state index in [1.165, 1.54) is 6.20 Å². The molecular formula is C13H15FN4OS. The van der Waals surface area contributed by atoms with Gasteiger partial charge in [-0.3, -0.25) is 4.68 Å². The zero-order valence-electron chi connectivity index (χ0n) is 11.1. The number of aryl methyl sites for hydroxylation is 1. The van der Waals surface area contributed by atoms with Crippen LogP contribution in [-0.2, 0) is 13.0 Å². The lowest BCUT2D eigenvalue weighted by atomic mass is 10.0. The summed E-state index contributed by atoms with van der Waals surface area (Å²) >= 11 is 1.05. The number of nitrogens with zero attached hydrogens (tertiary/aromatic N) is 3. The SMILES string of the molecule is CNSOc1cc(-c2cnn3c2CCCC3)c(F)cn1. The molecule has 2 aromatic rings. The standard InChI is InChI=1S/C13H15FN4OS/c1-15-20-19-13-6-9(11(14)8-16-13)10-7-17-18-5-3-2-4-12(10)18/h6-8,15H,2-5H2,1H3. The minimum Gasteiger partial charge on any atom is -0.390 e. The molecule has 5 nitrogen and oxygen atoms in total. The van der Waals surface area contributed by atoms with Gasteiger partial charge in [0, 0.05) is 29.4 Å². The number of hydrogen-bond donors (Lipinski definition) is 1. The summed E-state index contributed by atoms with van der Waals surface area (Å²) < 4.78 is 24.1. The molecule has 106 valence electrons. The van der Waals surface area contributed by atoms with Crippen molar-refractivity contribution in [2.75, 3.05) is 7.05 Å². The monoisotopic (exact) mass is 294 g/mol. The summed E-state index contributed by atoms with van der Waals surface area (Å²) in [6.07, 6.45) is 6.09. The molecule has 0 aliphatic carbocycles. The predicted molar refractivity (Wildman–Crippen MR) is 75.6 cm³/mol. The van der Waals surface area contributed by atoms with Gasteiger partial charge in [0.2, 0.25) is 5.88 Å². The van der Waals surface area contributed by atoms with Gasteiger partial charge < -0.3 is 4.18 Å². The Morgan fingerprint density at radius 2 is 2.25 bits per heavy atom. The molecule has 1 aliphatic heterocycles. The molecule has 0 atom stereocenters. The van der Waals surface area contributed by atoms with Crippen LogP contribution in [0.3, 0.4) is 0 Å². The number of rotatable bonds is 4. The van der Waals surface area contributed by atoms with Crippen LogP contribution < -0.4 is 8.91 Å². The van der Waals surface area contributed by atoms with E-state index in [1.54, 1.807) is 19.3 Å². The molecular weight excluding hydrogens is 279 g/mol. The Bertz CT molecular complexity index is 616. The Labute approximate surface area is 120 Å². The molecule has 3 rings (SSSR count). The molecule has 0 spiro atoms. The van der Waals surface area contributed by atoms with Crippen molar-refractivity contribution in [2.45, 2.75) is 25.8 Å². The fraction of sp³-hybridized carbons (Fsp3) is 0.385. The van der Waals surface area contributed by atoms with Gasteiger partial charge in [-0.15, -0.1) is 0 Å². The van der Waals surface area contributed by atoms with Crippen LogP contribution in [0, 0.1) is 5.82 Å². The molecule has 20 heavy (non-hydrogen) atoms. The Balaban J connectivity index is 1.98. The number of pyridine rings is 1. The highest BCUT2D eigenvalue weighted by Gasteiger charge is 2.19. The van der Waals surface area contributed by atoms with Crippen molar-refractivity contribution in [2.24, 2.45) is 0 Å². The fourth-order valence-corrected chi connectivity index (χ4v) is 2.66. The number of fused-ring (bicyclic) bond motifs is 1. The lowest BCUT2D eigenvalue weighted by Gasteiger charge is -2.15. The summed E-state index contributed by atoms with van der Waals surface area (Å²) in [4.78, 5) is 3.91. The second kappa shape index (κ2) is 5.80. The minimum atomic E-state index is -0.354. The van der Waals surface area contributed by atoms with Gasteiger partial charge in [0.05, 0.1) is 12.4 Å². The van der Waals surface area contributed by atoms with E-state index < -0.39 is 0 Å². The number of halogens is 1. The summed E-state index contributed by atoms with van der Waals surface area (Å²) in [6, 6.07) is 1.62. The highest BCUT2D eigenvalue weighted by Crippen LogP contribution is 2.31. The van der Waals surface area contributed by atoms with Crippen LogP contribution in [0.25, 0.3) is 11.1 Å². The van der Waals surface area contributed by atoms with Crippen molar-refractivity contribution in [1.29, 1.82) is 0 Å². The summed E-state index contributed by atoms with van der Waals surface area (Å²) in [5, 5.41) is 4.34. The molecule has 1 N–H and O–H groups in total. The first kappa shape index (κ1) is 13.4. The van der Waals surface area contributed by atoms with Gasteiger partial charge in [-0.2, -0.15) is 5.10 Å².